The lowest BCUT2D eigenvalue weighted by atomic mass is 10.1. The minimum absolute atomic E-state index is 0.0708. The second kappa shape index (κ2) is 4.72. The summed E-state index contributed by atoms with van der Waals surface area (Å²) in [4.78, 5) is 14.5. The number of carbonyl (C=O) groups is 1. The van der Waals surface area contributed by atoms with Crippen LogP contribution >= 0.6 is 0 Å². The third-order valence-electron chi connectivity index (χ3n) is 1.82. The largest absolute Gasteiger partial charge is 0.506 e. The quantitative estimate of drug-likeness (QED) is 0.577. The highest BCUT2D eigenvalue weighted by atomic mass is 16.5. The molecule has 3 N–H and O–H groups in total. The van der Waals surface area contributed by atoms with Gasteiger partial charge in [0.1, 0.15) is 11.9 Å². The summed E-state index contributed by atoms with van der Waals surface area (Å²) in [6.45, 7) is 0. The summed E-state index contributed by atoms with van der Waals surface area (Å²) >= 11 is 0. The molecule has 82 valence electrons. The Labute approximate surface area is 85.8 Å². The van der Waals surface area contributed by atoms with Crippen LogP contribution in [0.1, 0.15) is 11.8 Å². The first-order valence-corrected chi connectivity index (χ1v) is 4.15. The van der Waals surface area contributed by atoms with Crippen molar-refractivity contribution in [3.63, 3.8) is 0 Å². The van der Waals surface area contributed by atoms with E-state index in [0.717, 1.165) is 13.3 Å². The summed E-state index contributed by atoms with van der Waals surface area (Å²) < 4.78 is 4.25. The molecule has 1 aromatic heterocycles. The number of esters is 1. The van der Waals surface area contributed by atoms with Crippen LogP contribution in [-0.2, 0) is 9.53 Å². The zero-order chi connectivity index (χ0) is 11.4. The van der Waals surface area contributed by atoms with Crippen LogP contribution in [0.3, 0.4) is 0 Å². The van der Waals surface area contributed by atoms with Gasteiger partial charge in [-0.1, -0.05) is 0 Å². The molecule has 0 amide bonds. The van der Waals surface area contributed by atoms with E-state index in [-0.39, 0.29) is 11.4 Å². The number of methoxy groups -OCH3 is 1. The zero-order valence-corrected chi connectivity index (χ0v) is 7.99. The van der Waals surface area contributed by atoms with Gasteiger partial charge in [-0.2, -0.15) is 0 Å². The van der Waals surface area contributed by atoms with E-state index in [0.29, 0.717) is 0 Å². The number of ether oxygens (including phenoxy) is 1. The van der Waals surface area contributed by atoms with E-state index < -0.39 is 18.2 Å². The first-order chi connectivity index (χ1) is 7.06. The monoisotopic (exact) mass is 213 g/mol. The van der Waals surface area contributed by atoms with Crippen LogP contribution in [0.2, 0.25) is 0 Å². The SMILES string of the molecule is COC(=O)C(O)C(O)c1ccc(O)cn1. The number of pyridine rings is 1. The lowest BCUT2D eigenvalue weighted by Crippen LogP contribution is -2.29. The van der Waals surface area contributed by atoms with E-state index >= 15 is 0 Å². The van der Waals surface area contributed by atoms with E-state index in [1.54, 1.807) is 0 Å². The van der Waals surface area contributed by atoms with Crippen LogP contribution in [0.4, 0.5) is 0 Å². The molecule has 0 aliphatic carbocycles. The minimum atomic E-state index is -1.69. The lowest BCUT2D eigenvalue weighted by Gasteiger charge is -2.14. The van der Waals surface area contributed by atoms with Gasteiger partial charge >= 0.3 is 5.97 Å². The van der Waals surface area contributed by atoms with E-state index in [1.165, 1.54) is 12.1 Å². The fourth-order valence-electron chi connectivity index (χ4n) is 0.984. The van der Waals surface area contributed by atoms with Crippen LogP contribution in [0.15, 0.2) is 18.3 Å². The molecule has 0 saturated carbocycles. The fourth-order valence-corrected chi connectivity index (χ4v) is 0.984. The topological polar surface area (TPSA) is 99.9 Å². The van der Waals surface area contributed by atoms with Crippen LogP contribution in [0.25, 0.3) is 0 Å². The Bertz CT molecular complexity index is 337. The normalized spacial score (nSPS) is 14.3. The molecular formula is C9H11NO5. The number of aromatic hydroxyl groups is 1. The molecule has 0 bridgehead atoms. The first kappa shape index (κ1) is 11.4. The second-order valence-electron chi connectivity index (χ2n) is 2.85. The van der Waals surface area contributed by atoms with Crippen LogP contribution in [0.5, 0.6) is 5.75 Å². The van der Waals surface area contributed by atoms with Crippen molar-refractivity contribution in [3.8, 4) is 5.75 Å². The molecule has 6 heteroatoms. The third-order valence-corrected chi connectivity index (χ3v) is 1.82. The Morgan fingerprint density at radius 2 is 2.13 bits per heavy atom. The van der Waals surface area contributed by atoms with Crippen molar-refractivity contribution in [2.45, 2.75) is 12.2 Å². The number of aromatic nitrogens is 1. The van der Waals surface area contributed by atoms with Gasteiger partial charge in [0.25, 0.3) is 0 Å². The summed E-state index contributed by atoms with van der Waals surface area (Å²) in [5.41, 5.74) is 0.0747. The molecule has 1 rings (SSSR count). The molecule has 0 aliphatic rings. The van der Waals surface area contributed by atoms with Crippen molar-refractivity contribution < 1.29 is 24.9 Å². The molecular weight excluding hydrogens is 202 g/mol. The molecule has 6 nitrogen and oxygen atoms in total. The van der Waals surface area contributed by atoms with Gasteiger partial charge in [-0.05, 0) is 12.1 Å². The van der Waals surface area contributed by atoms with Gasteiger partial charge in [0.05, 0.1) is 19.0 Å². The molecule has 1 heterocycles. The highest BCUT2D eigenvalue weighted by Crippen LogP contribution is 2.17. The van der Waals surface area contributed by atoms with E-state index in [1.807, 2.05) is 0 Å². The number of hydrogen-bond acceptors (Lipinski definition) is 6. The number of carbonyl (C=O) groups excluding carboxylic acids is 1. The van der Waals surface area contributed by atoms with Gasteiger partial charge in [0.2, 0.25) is 0 Å². The number of rotatable bonds is 3. The van der Waals surface area contributed by atoms with E-state index in [4.69, 9.17) is 5.11 Å². The van der Waals surface area contributed by atoms with Gasteiger partial charge in [-0.25, -0.2) is 4.79 Å². The maximum Gasteiger partial charge on any atom is 0.337 e. The molecule has 2 unspecified atom stereocenters. The van der Waals surface area contributed by atoms with Crippen LogP contribution in [-0.4, -0.2) is 39.5 Å². The summed E-state index contributed by atoms with van der Waals surface area (Å²) in [6.07, 6.45) is -2.06. The smallest absolute Gasteiger partial charge is 0.337 e. The molecule has 0 aromatic carbocycles. The van der Waals surface area contributed by atoms with Crippen molar-refractivity contribution in [1.29, 1.82) is 0 Å². The summed E-state index contributed by atoms with van der Waals surface area (Å²) in [5.74, 6) is -1.02. The predicted molar refractivity (Wildman–Crippen MR) is 48.9 cm³/mol. The highest BCUT2D eigenvalue weighted by molar-refractivity contribution is 5.75. The Kier molecular flexibility index (Phi) is 3.59. The average molecular weight is 213 g/mol. The Morgan fingerprint density at radius 1 is 1.47 bits per heavy atom. The van der Waals surface area contributed by atoms with Crippen LogP contribution in [0, 0.1) is 0 Å². The maximum absolute atomic E-state index is 10.9. The molecule has 1 aromatic rings. The van der Waals surface area contributed by atoms with E-state index in [9.17, 15) is 15.0 Å². The number of hydrogen-bond donors (Lipinski definition) is 3. The Morgan fingerprint density at radius 3 is 2.60 bits per heavy atom. The average Bonchev–Trinajstić information content (AvgIpc) is 2.27. The van der Waals surface area contributed by atoms with Gasteiger partial charge in [0, 0.05) is 0 Å². The predicted octanol–water partition coefficient (Wildman–Crippen LogP) is -0.646. The molecule has 15 heavy (non-hydrogen) atoms. The molecule has 2 atom stereocenters. The lowest BCUT2D eigenvalue weighted by molar-refractivity contribution is -0.157. The first-order valence-electron chi connectivity index (χ1n) is 4.15. The van der Waals surface area contributed by atoms with Crippen molar-refractivity contribution in [3.05, 3.63) is 24.0 Å². The van der Waals surface area contributed by atoms with Crippen molar-refractivity contribution in [2.75, 3.05) is 7.11 Å². The fraction of sp³-hybridized carbons (Fsp3) is 0.333. The van der Waals surface area contributed by atoms with Crippen molar-refractivity contribution >= 4 is 5.97 Å². The van der Waals surface area contributed by atoms with Gasteiger partial charge in [-0.15, -0.1) is 0 Å². The molecule has 0 radical (unpaired) electrons. The third kappa shape index (κ3) is 2.64. The number of aliphatic hydroxyl groups is 2. The molecule has 0 spiro atoms. The van der Waals surface area contributed by atoms with Crippen molar-refractivity contribution in [2.24, 2.45) is 0 Å². The summed E-state index contributed by atoms with van der Waals surface area (Å²) in [7, 11) is 1.10. The maximum atomic E-state index is 10.9. The van der Waals surface area contributed by atoms with E-state index in [2.05, 4.69) is 9.72 Å². The molecule has 0 fully saturated rings. The van der Waals surface area contributed by atoms with Gasteiger partial charge in [0.15, 0.2) is 6.10 Å². The highest BCUT2D eigenvalue weighted by Gasteiger charge is 2.27. The Balaban J connectivity index is 2.80. The number of nitrogens with zero attached hydrogens (tertiary/aromatic N) is 1. The second-order valence-corrected chi connectivity index (χ2v) is 2.85. The molecule has 0 aliphatic heterocycles. The summed E-state index contributed by atoms with van der Waals surface area (Å²) in [5, 5.41) is 27.7. The van der Waals surface area contributed by atoms with Gasteiger partial charge < -0.3 is 20.1 Å². The number of aliphatic hydroxyl groups excluding tert-OH is 2. The van der Waals surface area contributed by atoms with Crippen molar-refractivity contribution in [1.82, 2.24) is 4.98 Å². The standard InChI is InChI=1S/C9H11NO5/c1-15-9(14)8(13)7(12)6-3-2-5(11)4-10-6/h2-4,7-8,11-13H,1H3. The zero-order valence-electron chi connectivity index (χ0n) is 7.99. The summed E-state index contributed by atoms with van der Waals surface area (Å²) in [6, 6.07) is 2.59. The van der Waals surface area contributed by atoms with Crippen LogP contribution < -0.4 is 0 Å². The minimum Gasteiger partial charge on any atom is -0.506 e. The van der Waals surface area contributed by atoms with Gasteiger partial charge in [-0.3, -0.25) is 4.98 Å². The molecule has 0 saturated heterocycles. The Hall–Kier alpha value is -1.66.